The van der Waals surface area contributed by atoms with Crippen LogP contribution in [0.3, 0.4) is 0 Å². The lowest BCUT2D eigenvalue weighted by Gasteiger charge is -2.33. The molecule has 0 aliphatic heterocycles. The van der Waals surface area contributed by atoms with Gasteiger partial charge in [0.1, 0.15) is 0 Å². The molecule has 15 heteroatoms. The molecule has 0 aliphatic rings. The van der Waals surface area contributed by atoms with E-state index in [0.717, 1.165) is 16.1 Å². The van der Waals surface area contributed by atoms with Crippen molar-refractivity contribution < 1.29 is 32.5 Å². The van der Waals surface area contributed by atoms with Crippen molar-refractivity contribution in [2.75, 3.05) is 84.6 Å². The van der Waals surface area contributed by atoms with Gasteiger partial charge in [0, 0.05) is 34.8 Å². The average Bonchev–Trinajstić information content (AvgIpc) is 2.94. The number of unbranched alkanes of at least 4 members (excludes halogenated alkanes) is 1. The fourth-order valence-electron chi connectivity index (χ4n) is 3.60. The van der Waals surface area contributed by atoms with Crippen LogP contribution < -0.4 is 0 Å². The summed E-state index contributed by atoms with van der Waals surface area (Å²) in [7, 11) is -3.37. The second-order valence-electron chi connectivity index (χ2n) is 10.5. The summed E-state index contributed by atoms with van der Waals surface area (Å²) in [5, 5.41) is 5.12. The van der Waals surface area contributed by atoms with Crippen LogP contribution in [0, 0.1) is 0 Å². The predicted molar refractivity (Wildman–Crippen MR) is 166 cm³/mol. The van der Waals surface area contributed by atoms with Crippen LogP contribution in [0.4, 0.5) is 0 Å². The molecule has 1 heterocycles. The Morgan fingerprint density at radius 3 is 1.73 bits per heavy atom. The van der Waals surface area contributed by atoms with Crippen LogP contribution in [0.5, 0.6) is 0 Å². The first-order chi connectivity index (χ1) is 19.8. The average molecular weight is 634 g/mol. The van der Waals surface area contributed by atoms with Gasteiger partial charge in [0.25, 0.3) is 0 Å². The minimum atomic E-state index is -1.77. The molecule has 0 radical (unpaired) electrons. The number of aromatic nitrogens is 2. The third-order valence-corrected chi connectivity index (χ3v) is 15.2. The quantitative estimate of drug-likeness (QED) is 0.0229. The molecule has 0 aromatic carbocycles. The number of hydrogen-bond acceptors (Lipinski definition) is 11. The van der Waals surface area contributed by atoms with E-state index in [9.17, 15) is 0 Å². The van der Waals surface area contributed by atoms with Gasteiger partial charge in [-0.2, -0.15) is 0 Å². The zero-order valence-corrected chi connectivity index (χ0v) is 28.5. The van der Waals surface area contributed by atoms with Crippen molar-refractivity contribution in [2.45, 2.75) is 63.8 Å². The third-order valence-electron chi connectivity index (χ3n) is 5.44. The van der Waals surface area contributed by atoms with Crippen molar-refractivity contribution in [1.29, 1.82) is 0 Å². The highest BCUT2D eigenvalue weighted by atomic mass is 32.2. The van der Waals surface area contributed by atoms with Crippen LogP contribution >= 0.6 is 11.8 Å². The van der Waals surface area contributed by atoms with E-state index >= 15 is 0 Å². The van der Waals surface area contributed by atoms with E-state index < -0.39 is 16.6 Å². The molecule has 236 valence electrons. The third kappa shape index (κ3) is 23.1. The number of azide groups is 1. The molecule has 0 fully saturated rings. The first-order valence-corrected chi connectivity index (χ1v) is 21.6. The van der Waals surface area contributed by atoms with Gasteiger partial charge in [-0.15, -0.1) is 0 Å². The fraction of sp³-hybridized carbons (Fsp3) is 0.846. The van der Waals surface area contributed by atoms with Gasteiger partial charge in [-0.3, -0.25) is 0 Å². The van der Waals surface area contributed by atoms with E-state index in [-0.39, 0.29) is 0 Å². The molecular weight excluding hydrogens is 583 g/mol. The lowest BCUT2D eigenvalue weighted by molar-refractivity contribution is -0.0174. The van der Waals surface area contributed by atoms with Crippen molar-refractivity contribution in [3.05, 3.63) is 28.4 Å². The highest BCUT2D eigenvalue weighted by Gasteiger charge is 2.32. The van der Waals surface area contributed by atoms with Gasteiger partial charge in [0.05, 0.1) is 79.3 Å². The minimum absolute atomic E-state index is 0.332. The maximum atomic E-state index is 8.14. The lowest BCUT2D eigenvalue weighted by Crippen LogP contribution is -2.46. The Morgan fingerprint density at radius 2 is 1.24 bits per heavy atom. The topological polar surface area (TPSA) is 139 Å². The number of ether oxygens (including phenoxy) is 6. The first kappa shape index (κ1) is 37.9. The van der Waals surface area contributed by atoms with Gasteiger partial charge in [0.2, 0.25) is 0 Å². The van der Waals surface area contributed by atoms with Gasteiger partial charge in [-0.05, 0) is 37.8 Å². The molecule has 12 nitrogen and oxygen atoms in total. The minimum Gasteiger partial charge on any atom is -0.455 e. The summed E-state index contributed by atoms with van der Waals surface area (Å²) < 4.78 is 39.4. The van der Waals surface area contributed by atoms with Crippen molar-refractivity contribution in [2.24, 2.45) is 5.11 Å². The molecule has 0 aliphatic carbocycles. The maximum absolute atomic E-state index is 8.14. The summed E-state index contributed by atoms with van der Waals surface area (Å²) in [6, 6.07) is 1.23. The highest BCUT2D eigenvalue weighted by molar-refractivity contribution is 8.00. The van der Waals surface area contributed by atoms with E-state index in [1.807, 2.05) is 12.4 Å². The molecule has 0 unspecified atom stereocenters. The van der Waals surface area contributed by atoms with Crippen LogP contribution in [-0.4, -0.2) is 111 Å². The number of thioether (sulfide) groups is 1. The Bertz CT molecular complexity index is 822. The molecule has 1 aromatic heterocycles. The Labute approximate surface area is 252 Å². The molecule has 0 atom stereocenters. The number of nitrogens with zero attached hydrogens (tertiary/aromatic N) is 5. The molecule has 0 saturated carbocycles. The van der Waals surface area contributed by atoms with Crippen molar-refractivity contribution in [1.82, 2.24) is 9.97 Å². The summed E-state index contributed by atoms with van der Waals surface area (Å²) >= 11 is 1.69. The summed E-state index contributed by atoms with van der Waals surface area (Å²) in [4.78, 5) is 11.6. The van der Waals surface area contributed by atoms with Crippen LogP contribution in [0.1, 0.15) is 25.3 Å². The summed E-state index contributed by atoms with van der Waals surface area (Å²) in [6.07, 6.45) is 6.14. The lowest BCUT2D eigenvalue weighted by atomic mass is 10.4. The fourth-order valence-corrected chi connectivity index (χ4v) is 14.1. The molecule has 1 rings (SSSR count). The predicted octanol–water partition coefficient (Wildman–Crippen LogP) is 5.24. The largest absolute Gasteiger partial charge is 0.455 e. The van der Waals surface area contributed by atoms with E-state index in [1.165, 1.54) is 18.9 Å². The number of hydrogen-bond donors (Lipinski definition) is 0. The first-order valence-electron chi connectivity index (χ1n) is 14.4. The highest BCUT2D eigenvalue weighted by Crippen LogP contribution is 2.25. The van der Waals surface area contributed by atoms with Gasteiger partial charge in [-0.25, -0.2) is 9.97 Å². The number of rotatable bonds is 28. The maximum Gasteiger partial charge on any atom is 0.187 e. The Morgan fingerprint density at radius 1 is 0.756 bits per heavy atom. The molecule has 0 saturated heterocycles. The smallest absolute Gasteiger partial charge is 0.187 e. The molecule has 41 heavy (non-hydrogen) atoms. The second kappa shape index (κ2) is 24.3. The summed E-state index contributed by atoms with van der Waals surface area (Å²) in [5.74, 6) is 0. The standard InChI is InChI=1S/C26H51N5O7SSi2/c1-6-7-20-40(2,3)38-41(4,5)24-39-26-28-21-25(22-29-26)23-37-19-18-36-17-16-35-15-14-34-13-12-33-11-10-32-9-8-30-31-27/h21-22H,6-20,23-24H2,1-5H3. The van der Waals surface area contributed by atoms with Gasteiger partial charge < -0.3 is 32.5 Å². The molecule has 0 bridgehead atoms. The van der Waals surface area contributed by atoms with E-state index in [2.05, 4.69) is 53.1 Å². The van der Waals surface area contributed by atoms with Crippen LogP contribution in [0.15, 0.2) is 22.7 Å². The Balaban J connectivity index is 1.95. The zero-order chi connectivity index (χ0) is 30.1. The van der Waals surface area contributed by atoms with E-state index in [0.29, 0.717) is 85.8 Å². The molecule has 0 N–H and O–H groups in total. The van der Waals surface area contributed by atoms with E-state index in [1.54, 1.807) is 11.8 Å². The van der Waals surface area contributed by atoms with Crippen molar-refractivity contribution >= 4 is 28.4 Å². The molecule has 0 amide bonds. The SMILES string of the molecule is CCCC[Si](C)(C)O[Si](C)(C)CSc1ncc(COCCOCCOCCOCCOCCOCCN=[N+]=[N-])cn1. The van der Waals surface area contributed by atoms with Crippen molar-refractivity contribution in [3.63, 3.8) is 0 Å². The summed E-state index contributed by atoms with van der Waals surface area (Å²) in [6.45, 7) is 17.6. The van der Waals surface area contributed by atoms with E-state index in [4.69, 9.17) is 38.1 Å². The van der Waals surface area contributed by atoms with Gasteiger partial charge >= 0.3 is 0 Å². The van der Waals surface area contributed by atoms with Gasteiger partial charge in [0.15, 0.2) is 21.8 Å². The van der Waals surface area contributed by atoms with Crippen LogP contribution in [-0.2, 0) is 39.1 Å². The Kier molecular flexibility index (Phi) is 22.5. The second-order valence-corrected chi connectivity index (χ2v) is 20.6. The van der Waals surface area contributed by atoms with Crippen LogP contribution in [0.2, 0.25) is 32.2 Å². The Hall–Kier alpha value is -1.11. The normalized spacial score (nSPS) is 12.0. The monoisotopic (exact) mass is 633 g/mol. The zero-order valence-electron chi connectivity index (χ0n) is 25.7. The van der Waals surface area contributed by atoms with Crippen molar-refractivity contribution in [3.8, 4) is 0 Å². The molecular formula is C26H51N5O7SSi2. The molecule has 1 aromatic rings. The van der Waals surface area contributed by atoms with Gasteiger partial charge in [-0.1, -0.05) is 36.6 Å². The summed E-state index contributed by atoms with van der Waals surface area (Å²) in [5.41, 5.74) is 9.09. The molecule has 0 spiro atoms. The van der Waals surface area contributed by atoms with Crippen LogP contribution in [0.25, 0.3) is 10.4 Å².